The number of aliphatic hydroxyl groups excluding tert-OH is 1. The Morgan fingerprint density at radius 1 is 0.625 bits per heavy atom. The summed E-state index contributed by atoms with van der Waals surface area (Å²) in [6.07, 6.45) is 6.80. The molecule has 4 bridgehead atoms. The summed E-state index contributed by atoms with van der Waals surface area (Å²) in [5.41, 5.74) is 11.5. The number of carbonyl (C=O) groups excluding carboxylic acids is 1. The van der Waals surface area contributed by atoms with E-state index in [9.17, 15) is 20.4 Å². The van der Waals surface area contributed by atoms with Gasteiger partial charge in [-0.1, -0.05) is 51.8 Å². The topological polar surface area (TPSA) is 218 Å². The predicted molar refractivity (Wildman–Crippen MR) is 325 cm³/mol. The van der Waals surface area contributed by atoms with Crippen LogP contribution in [0, 0.1) is 50.4 Å². The summed E-state index contributed by atoms with van der Waals surface area (Å²) in [4.78, 5) is 21.9. The van der Waals surface area contributed by atoms with Gasteiger partial charge in [0.25, 0.3) is 0 Å². The molecule has 472 valence electrons. The van der Waals surface area contributed by atoms with Crippen molar-refractivity contribution >= 4 is 5.97 Å². The molecule has 2 fully saturated rings. The van der Waals surface area contributed by atoms with E-state index in [2.05, 4.69) is 71.1 Å². The number of piperazine rings is 2. The first-order valence-electron chi connectivity index (χ1n) is 29.8. The molecule has 8 aliphatic rings. The van der Waals surface area contributed by atoms with E-state index in [4.69, 9.17) is 61.6 Å². The summed E-state index contributed by atoms with van der Waals surface area (Å²) in [7, 11) is 10.6. The van der Waals surface area contributed by atoms with Gasteiger partial charge in [0, 0.05) is 89.3 Å². The number of fused-ring (bicyclic) bond motifs is 18. The molecule has 8 heterocycles. The molecule has 1 N–H and O–H groups in total. The highest BCUT2D eigenvalue weighted by Crippen LogP contribution is 2.61. The highest BCUT2D eigenvalue weighted by atomic mass is 16.7. The first-order valence-corrected chi connectivity index (χ1v) is 29.8. The lowest BCUT2D eigenvalue weighted by atomic mass is 9.71. The van der Waals surface area contributed by atoms with Crippen molar-refractivity contribution in [2.45, 2.75) is 141 Å². The van der Waals surface area contributed by atoms with Crippen molar-refractivity contribution in [3.8, 4) is 69.6 Å². The third-order valence-electron chi connectivity index (χ3n) is 18.9. The zero-order valence-electron chi connectivity index (χ0n) is 51.7. The smallest absolute Gasteiger partial charge is 0.305 e. The van der Waals surface area contributed by atoms with Gasteiger partial charge >= 0.3 is 5.97 Å². The Kier molecular flexibility index (Phi) is 19.0. The number of benzene rings is 4. The van der Waals surface area contributed by atoms with Crippen molar-refractivity contribution in [3.05, 3.63) is 104 Å². The Balaban J connectivity index is 0.000000193. The Hall–Kier alpha value is -7.47. The molecular formula is C67H84N6O15. The van der Waals surface area contributed by atoms with Gasteiger partial charge in [-0.25, -0.2) is 0 Å². The normalized spacial score (nSPS) is 24.8. The van der Waals surface area contributed by atoms with Crippen molar-refractivity contribution < 1.29 is 71.5 Å². The first-order chi connectivity index (χ1) is 42.2. The molecular weight excluding hydrogens is 1130 g/mol. The van der Waals surface area contributed by atoms with E-state index in [1.807, 2.05) is 34.6 Å². The summed E-state index contributed by atoms with van der Waals surface area (Å²) in [5, 5.41) is 32.5. The lowest BCUT2D eigenvalue weighted by Crippen LogP contribution is -2.68. The number of likely N-dealkylation sites (N-methyl/N-ethyl adjacent to an activating group) is 2. The number of nitriles is 2. The van der Waals surface area contributed by atoms with Crippen molar-refractivity contribution in [2.24, 2.45) is 0 Å². The molecule has 0 amide bonds. The van der Waals surface area contributed by atoms with Crippen molar-refractivity contribution in [2.75, 3.05) is 96.1 Å². The number of nitrogens with zero attached hydrogens (tertiary/aromatic N) is 6. The highest BCUT2D eigenvalue weighted by Gasteiger charge is 2.59. The molecule has 12 rings (SSSR count). The number of hydrogen-bond donors (Lipinski definition) is 1. The van der Waals surface area contributed by atoms with E-state index in [1.54, 1.807) is 40.6 Å². The Morgan fingerprint density at radius 3 is 1.45 bits per heavy atom. The molecule has 2 saturated heterocycles. The summed E-state index contributed by atoms with van der Waals surface area (Å²) < 4.78 is 77.5. The Labute approximate surface area is 516 Å². The van der Waals surface area contributed by atoms with Gasteiger partial charge in [-0.2, -0.15) is 10.5 Å². The molecule has 0 spiro atoms. The predicted octanol–water partition coefficient (Wildman–Crippen LogP) is 8.69. The monoisotopic (exact) mass is 1210 g/mol. The molecule has 0 aliphatic carbocycles. The molecule has 21 nitrogen and oxygen atoms in total. The van der Waals surface area contributed by atoms with Gasteiger partial charge in [-0.05, 0) is 96.1 Å². The van der Waals surface area contributed by atoms with Crippen LogP contribution >= 0.6 is 0 Å². The van der Waals surface area contributed by atoms with E-state index in [1.165, 1.54) is 0 Å². The van der Waals surface area contributed by atoms with E-state index in [-0.39, 0.29) is 90.0 Å². The van der Waals surface area contributed by atoms with Gasteiger partial charge in [-0.15, -0.1) is 0 Å². The number of rotatable bonds is 19. The van der Waals surface area contributed by atoms with Crippen molar-refractivity contribution in [1.29, 1.82) is 10.5 Å². The maximum atomic E-state index is 12.8. The number of methoxy groups -OCH3 is 4. The molecule has 8 aliphatic heterocycles. The third kappa shape index (κ3) is 10.3. The van der Waals surface area contributed by atoms with Crippen LogP contribution in [0.3, 0.4) is 0 Å². The van der Waals surface area contributed by atoms with Crippen LogP contribution in [0.5, 0.6) is 57.5 Å². The zero-order chi connectivity index (χ0) is 61.7. The fourth-order valence-electron chi connectivity index (χ4n) is 15.6. The molecule has 0 radical (unpaired) electrons. The van der Waals surface area contributed by atoms with Crippen molar-refractivity contribution in [3.63, 3.8) is 0 Å². The highest BCUT2D eigenvalue weighted by molar-refractivity contribution is 5.71. The third-order valence-corrected chi connectivity index (χ3v) is 18.9. The van der Waals surface area contributed by atoms with Crippen molar-refractivity contribution in [1.82, 2.24) is 19.6 Å². The Morgan fingerprint density at radius 2 is 1.06 bits per heavy atom. The van der Waals surface area contributed by atoms with E-state index in [0.717, 1.165) is 66.8 Å². The summed E-state index contributed by atoms with van der Waals surface area (Å²) in [5.74, 6) is 6.27. The number of ether oxygens (including phenoxy) is 13. The SMILES string of the molecule is C.C=CCOc1c(C)c2c(c3c1CC1[C@H]4c5c(cc(C)c(OC)c5OCOC)C[C@@H]([C@H](C#N)N1[C@H]3CO)N4C)OCO2.C=CCOc1c(C)c2c(c3c1CC1[C@H]4c5c(cc(C)c(OC)c5OCOC)C[C@@H]([C@H](C#N)N1[C@H]3COC(=O)CCC)N4C)OCO2. The fourth-order valence-corrected chi connectivity index (χ4v) is 15.6. The van der Waals surface area contributed by atoms with E-state index < -0.39 is 24.2 Å². The molecule has 21 heteroatoms. The van der Waals surface area contributed by atoms with Crippen LogP contribution in [-0.2, 0) is 44.7 Å². The van der Waals surface area contributed by atoms with Crippen LogP contribution in [0.2, 0.25) is 0 Å². The molecule has 10 atom stereocenters. The van der Waals surface area contributed by atoms with E-state index in [0.29, 0.717) is 109 Å². The van der Waals surface area contributed by atoms with Crippen LogP contribution in [-0.4, -0.2) is 163 Å². The van der Waals surface area contributed by atoms with Gasteiger partial charge in [0.05, 0.1) is 57.1 Å². The number of carbonyl (C=O) groups is 1. The van der Waals surface area contributed by atoms with Gasteiger partial charge < -0.3 is 66.7 Å². The largest absolute Gasteiger partial charge is 0.493 e. The Bertz CT molecular complexity index is 3430. The molecule has 88 heavy (non-hydrogen) atoms. The standard InChI is InChI=1S/C35H43N3O8.C31H37N3O7.CH4/c1-8-10-27(39)43-16-26-29-22(32(42-11-9-2)20(4)33-35(29)46-18-45-33)14-24-30-28-21(13-23(37(30)5)25(15-36)38(24)26)12-19(3)31(41-7)34(28)44-17-40-6;1-7-8-38-28-17(3)29-31(41-15-40-29)25-19(28)11-21-26-24-18(9-16(2)27(37-6)30(24)39-14-36-5)10-20(33(26)4)22(12-32)34(21)23(25)13-35;/h9,12,23-26,30H,2,8,10-11,13-14,16-18H2,1,3-7H3;7,9,20-23,26,35H,1,8,10-11,13-15H2,2-6H3;1H4/t23-,24?,25-,26-,30-;20-,21?,22-,23-,26-;/m00./s1. The maximum Gasteiger partial charge on any atom is 0.305 e. The molecule has 4 aromatic carbocycles. The fraction of sp³-hybridized carbons (Fsp3) is 0.537. The number of aryl methyl sites for hydroxylation is 2. The quantitative estimate of drug-likeness (QED) is 0.0527. The van der Waals surface area contributed by atoms with Crippen LogP contribution in [0.1, 0.15) is 118 Å². The maximum absolute atomic E-state index is 12.8. The molecule has 0 aromatic heterocycles. The van der Waals surface area contributed by atoms with Crippen LogP contribution in [0.15, 0.2) is 37.4 Å². The van der Waals surface area contributed by atoms with Gasteiger partial charge in [0.2, 0.25) is 13.6 Å². The number of aliphatic hydroxyl groups is 1. The summed E-state index contributed by atoms with van der Waals surface area (Å²) >= 11 is 0. The lowest BCUT2D eigenvalue weighted by Gasteiger charge is -2.60. The number of hydrogen-bond acceptors (Lipinski definition) is 21. The molecule has 0 saturated carbocycles. The average Bonchev–Trinajstić information content (AvgIpc) is 0.824. The average molecular weight is 1210 g/mol. The zero-order valence-corrected chi connectivity index (χ0v) is 51.7. The second-order valence-corrected chi connectivity index (χ2v) is 23.4. The minimum absolute atomic E-state index is 0. The van der Waals surface area contributed by atoms with E-state index >= 15 is 0 Å². The number of esters is 1. The first kappa shape index (κ1) is 63.5. The van der Waals surface area contributed by atoms with Crippen LogP contribution in [0.4, 0.5) is 0 Å². The van der Waals surface area contributed by atoms with Gasteiger partial charge in [-0.3, -0.25) is 24.4 Å². The second kappa shape index (κ2) is 26.3. The van der Waals surface area contributed by atoms with Gasteiger partial charge in [0.1, 0.15) is 43.4 Å². The lowest BCUT2D eigenvalue weighted by molar-refractivity contribution is -0.149. The molecule has 4 aromatic rings. The summed E-state index contributed by atoms with van der Waals surface area (Å²) in [6, 6.07) is 6.63. The van der Waals surface area contributed by atoms with Gasteiger partial charge in [0.15, 0.2) is 59.6 Å². The molecule has 2 unspecified atom stereocenters. The minimum Gasteiger partial charge on any atom is -0.493 e. The summed E-state index contributed by atoms with van der Waals surface area (Å²) in [6.45, 7) is 18.4. The second-order valence-electron chi connectivity index (χ2n) is 23.4. The van der Waals surface area contributed by atoms with Crippen LogP contribution in [0.25, 0.3) is 0 Å². The van der Waals surface area contributed by atoms with Crippen LogP contribution < -0.4 is 47.4 Å². The minimum atomic E-state index is -0.509.